The number of fused-ring (bicyclic) bond motifs is 11. The number of rotatable bonds is 4. The van der Waals surface area contributed by atoms with Crippen LogP contribution in [-0.2, 0) is 20.1 Å². The second kappa shape index (κ2) is 13.5. The molecule has 243 valence electrons. The van der Waals surface area contributed by atoms with Crippen molar-refractivity contribution < 1.29 is 24.7 Å². The maximum absolute atomic E-state index is 4.68. The van der Waals surface area contributed by atoms with E-state index in [0.29, 0.717) is 11.8 Å². The molecule has 2 aromatic heterocycles. The minimum atomic E-state index is -0.0198. The third kappa shape index (κ3) is 5.59. The van der Waals surface area contributed by atoms with E-state index in [-0.39, 0.29) is 33.3 Å². The summed E-state index contributed by atoms with van der Waals surface area (Å²) in [6, 6.07) is 39.5. The van der Waals surface area contributed by atoms with E-state index in [0.717, 1.165) is 22.8 Å². The first-order valence-electron chi connectivity index (χ1n) is 16.7. The Morgan fingerprint density at radius 1 is 0.735 bits per heavy atom. The van der Waals surface area contributed by atoms with E-state index in [1.807, 2.05) is 36.8 Å². The van der Waals surface area contributed by atoms with Gasteiger partial charge in [-0.3, -0.25) is 4.98 Å². The Morgan fingerprint density at radius 2 is 1.45 bits per heavy atom. The van der Waals surface area contributed by atoms with Crippen molar-refractivity contribution >= 4 is 41.9 Å². The van der Waals surface area contributed by atoms with Gasteiger partial charge in [0.15, 0.2) is 6.21 Å². The molecule has 0 saturated carbocycles. The van der Waals surface area contributed by atoms with Crippen LogP contribution in [0, 0.1) is 6.07 Å². The molecular weight excluding hydrogens is 780 g/mol. The predicted octanol–water partition coefficient (Wildman–Crippen LogP) is 8.55. The Kier molecular flexibility index (Phi) is 9.02. The van der Waals surface area contributed by atoms with Gasteiger partial charge in [0.05, 0.1) is 11.9 Å². The van der Waals surface area contributed by atoms with E-state index >= 15 is 0 Å². The van der Waals surface area contributed by atoms with E-state index in [9.17, 15) is 0 Å². The Bertz CT molecular complexity index is 2160. The van der Waals surface area contributed by atoms with Gasteiger partial charge < -0.3 is 9.29 Å². The SMILES string of the molecule is CC(C)c1cccc(C(C)C)c1[N+]1=CC=NC1c1[c-]cccc1.[Ir].c1ccc2c(c1)B1N(c3ccccc3-2)c2cccnc2-c2nccn21. The molecule has 0 amide bonds. The first kappa shape index (κ1) is 32.6. The van der Waals surface area contributed by atoms with Crippen LogP contribution in [0.25, 0.3) is 22.6 Å². The third-order valence-electron chi connectivity index (χ3n) is 9.46. The molecule has 0 bridgehead atoms. The van der Waals surface area contributed by atoms with Gasteiger partial charge >= 0.3 is 6.98 Å². The van der Waals surface area contributed by atoms with E-state index < -0.39 is 0 Å². The van der Waals surface area contributed by atoms with Gasteiger partial charge in [-0.15, -0.1) is 0 Å². The monoisotopic (exact) mass is 817 g/mol. The topological polar surface area (TPSA) is 49.3 Å². The van der Waals surface area contributed by atoms with Crippen LogP contribution in [0.3, 0.4) is 0 Å². The Balaban J connectivity index is 0.000000152. The van der Waals surface area contributed by atoms with Crippen LogP contribution in [0.5, 0.6) is 0 Å². The standard InChI is InChI=1S/C21H24N2.C20H13BN4.Ir/c1-15(2)18-11-8-12-19(16(3)4)20(18)23-14-13-22-21(23)17-9-6-5-7-10-17;1-3-8-16-14(6-1)15-7-2-4-9-17(15)25-18-10-5-11-22-19(18)20-23-12-13-24(20)21(16)25;/h5-9,11-16,21H,1-4H3;1-13H;. The molecule has 5 heterocycles. The molecule has 49 heavy (non-hydrogen) atoms. The number of pyridine rings is 1. The van der Waals surface area contributed by atoms with Crippen molar-refractivity contribution in [2.24, 2.45) is 4.99 Å². The normalized spacial score (nSPS) is 14.9. The molecule has 3 aliphatic heterocycles. The zero-order chi connectivity index (χ0) is 32.8. The average molecular weight is 817 g/mol. The van der Waals surface area contributed by atoms with Crippen LogP contribution in [0.4, 0.5) is 17.1 Å². The number of imidazole rings is 1. The fourth-order valence-corrected chi connectivity index (χ4v) is 7.29. The summed E-state index contributed by atoms with van der Waals surface area (Å²) in [7, 11) is 0. The number of hydrogen-bond donors (Lipinski definition) is 0. The van der Waals surface area contributed by atoms with Gasteiger partial charge in [0.25, 0.3) is 6.17 Å². The second-order valence-electron chi connectivity index (χ2n) is 13.0. The van der Waals surface area contributed by atoms with Crippen molar-refractivity contribution in [2.45, 2.75) is 45.7 Å². The van der Waals surface area contributed by atoms with Crippen molar-refractivity contribution in [3.8, 4) is 22.6 Å². The molecule has 0 saturated heterocycles. The third-order valence-corrected chi connectivity index (χ3v) is 9.46. The van der Waals surface area contributed by atoms with E-state index in [1.54, 1.807) is 0 Å². The first-order chi connectivity index (χ1) is 23.5. The fraction of sp³-hybridized carbons (Fsp3) is 0.171. The number of nitrogens with zero attached hydrogens (tertiary/aromatic N) is 6. The second-order valence-corrected chi connectivity index (χ2v) is 13.0. The number of aliphatic imine (C=N–C) groups is 1. The Hall–Kier alpha value is -4.91. The number of benzene rings is 4. The molecule has 9 rings (SSSR count). The van der Waals surface area contributed by atoms with Crippen molar-refractivity contribution in [1.82, 2.24) is 14.4 Å². The van der Waals surface area contributed by atoms with Crippen LogP contribution in [0.1, 0.15) is 62.4 Å². The summed E-state index contributed by atoms with van der Waals surface area (Å²) in [4.78, 5) is 16.3. The van der Waals surface area contributed by atoms with Crippen molar-refractivity contribution in [2.75, 3.05) is 4.81 Å². The van der Waals surface area contributed by atoms with E-state index in [1.165, 1.54) is 39.1 Å². The van der Waals surface area contributed by atoms with Crippen LogP contribution in [0.15, 0.2) is 127 Å². The van der Waals surface area contributed by atoms with Crippen LogP contribution >= 0.6 is 0 Å². The molecule has 0 fully saturated rings. The molecule has 4 aromatic carbocycles. The van der Waals surface area contributed by atoms with Crippen molar-refractivity contribution in [3.05, 3.63) is 144 Å². The zero-order valence-corrected chi connectivity index (χ0v) is 30.4. The minimum absolute atomic E-state index is 0. The summed E-state index contributed by atoms with van der Waals surface area (Å²) in [5, 5.41) is 0. The predicted molar refractivity (Wildman–Crippen MR) is 197 cm³/mol. The molecule has 1 atom stereocenters. The van der Waals surface area contributed by atoms with Crippen LogP contribution in [-0.4, -0.2) is 38.4 Å². The first-order valence-corrected chi connectivity index (χ1v) is 16.7. The quantitative estimate of drug-likeness (QED) is 0.102. The molecule has 1 radical (unpaired) electrons. The summed E-state index contributed by atoms with van der Waals surface area (Å²) in [6.07, 6.45) is 9.73. The van der Waals surface area contributed by atoms with E-state index in [4.69, 9.17) is 0 Å². The molecule has 8 heteroatoms. The summed E-state index contributed by atoms with van der Waals surface area (Å²) in [6.45, 7) is 9.07. The summed E-state index contributed by atoms with van der Waals surface area (Å²) >= 11 is 0. The molecule has 0 N–H and O–H groups in total. The maximum Gasteiger partial charge on any atom is 0.422 e. The number of hydrogen-bond acceptors (Lipinski definition) is 4. The van der Waals surface area contributed by atoms with Crippen LogP contribution < -0.4 is 10.3 Å². The van der Waals surface area contributed by atoms with Gasteiger partial charge in [-0.1, -0.05) is 93.9 Å². The number of anilines is 2. The van der Waals surface area contributed by atoms with Gasteiger partial charge in [-0.25, -0.2) is 9.98 Å². The number of aromatic nitrogens is 3. The number of para-hydroxylation sites is 2. The Labute approximate surface area is 302 Å². The van der Waals surface area contributed by atoms with Gasteiger partial charge in [-0.05, 0) is 41.1 Å². The fourth-order valence-electron chi connectivity index (χ4n) is 7.29. The summed E-state index contributed by atoms with van der Waals surface area (Å²) in [5.74, 6) is 1.86. The molecular formula is C41H37BIrN6. The average Bonchev–Trinajstić information content (AvgIpc) is 3.83. The molecule has 1 unspecified atom stereocenters. The van der Waals surface area contributed by atoms with Crippen LogP contribution in [0.2, 0.25) is 0 Å². The molecule has 6 nitrogen and oxygen atoms in total. The largest absolute Gasteiger partial charge is 0.422 e. The minimum Gasteiger partial charge on any atom is -0.359 e. The smallest absolute Gasteiger partial charge is 0.359 e. The molecule has 0 spiro atoms. The van der Waals surface area contributed by atoms with Gasteiger partial charge in [0, 0.05) is 61.1 Å². The Morgan fingerprint density at radius 3 is 2.20 bits per heavy atom. The zero-order valence-electron chi connectivity index (χ0n) is 28.0. The maximum atomic E-state index is 4.68. The summed E-state index contributed by atoms with van der Waals surface area (Å²) in [5.41, 5.74) is 12.2. The molecule has 6 aromatic rings. The van der Waals surface area contributed by atoms with Gasteiger partial charge in [0.2, 0.25) is 5.69 Å². The van der Waals surface area contributed by atoms with Gasteiger partial charge in [0.1, 0.15) is 11.5 Å². The summed E-state index contributed by atoms with van der Waals surface area (Å²) < 4.78 is 4.53. The molecule has 3 aliphatic rings. The van der Waals surface area contributed by atoms with Gasteiger partial charge in [-0.2, -0.15) is 34.9 Å². The van der Waals surface area contributed by atoms with Crippen molar-refractivity contribution in [3.63, 3.8) is 0 Å². The van der Waals surface area contributed by atoms with E-state index in [2.05, 4.69) is 160 Å². The van der Waals surface area contributed by atoms with Crippen molar-refractivity contribution in [1.29, 1.82) is 0 Å². The molecule has 0 aliphatic carbocycles.